The fourth-order valence-electron chi connectivity index (χ4n) is 3.91. The molecule has 4 rings (SSSR count). The van der Waals surface area contributed by atoms with Gasteiger partial charge in [-0.05, 0) is 48.7 Å². The summed E-state index contributed by atoms with van der Waals surface area (Å²) >= 11 is 0. The molecule has 8 nitrogen and oxygen atoms in total. The minimum atomic E-state index is -2.43. The Labute approximate surface area is 200 Å². The van der Waals surface area contributed by atoms with Gasteiger partial charge in [0.2, 0.25) is 16.2 Å². The molecule has 1 N–H and O–H groups in total. The number of fused-ring (bicyclic) bond motifs is 1. The molecule has 0 fully saturated rings. The minimum absolute atomic E-state index is 0.140. The number of anilines is 2. The van der Waals surface area contributed by atoms with E-state index in [9.17, 15) is 8.42 Å². The maximum absolute atomic E-state index is 12.3. The number of aromatic nitrogens is 4. The highest BCUT2D eigenvalue weighted by Gasteiger charge is 2.23. The van der Waals surface area contributed by atoms with E-state index in [-0.39, 0.29) is 10.9 Å². The van der Waals surface area contributed by atoms with Crippen LogP contribution in [-0.4, -0.2) is 40.5 Å². The van der Waals surface area contributed by atoms with Crippen molar-refractivity contribution < 1.29 is 13.2 Å². The number of aryl methyl sites for hydroxylation is 1. The lowest BCUT2D eigenvalue weighted by Crippen LogP contribution is -2.28. The summed E-state index contributed by atoms with van der Waals surface area (Å²) in [4.78, 5) is 18.6. The van der Waals surface area contributed by atoms with Crippen LogP contribution in [-0.2, 0) is 16.7 Å². The standard InChI is InChI=1S/C25H27N5O3S/c1-16(2)14-23(34(31)32)30(22-6-5-12-27-25(22)33-4)19-9-7-18(8-10-19)15-21-24-20(11-13-26-21)28-17(3)29-24/h5-13,16H,14-15H2,1-4H3,(H,28,29). The van der Waals surface area contributed by atoms with Gasteiger partial charge in [-0.25, -0.2) is 9.97 Å². The summed E-state index contributed by atoms with van der Waals surface area (Å²) in [6.07, 6.45) is 4.37. The summed E-state index contributed by atoms with van der Waals surface area (Å²) in [5, 5.41) is 0. The van der Waals surface area contributed by atoms with E-state index in [1.165, 1.54) is 7.11 Å². The summed E-state index contributed by atoms with van der Waals surface area (Å²) in [6.45, 7) is 5.89. The lowest BCUT2D eigenvalue weighted by Gasteiger charge is -2.27. The van der Waals surface area contributed by atoms with Crippen molar-refractivity contribution in [1.29, 1.82) is 0 Å². The maximum atomic E-state index is 12.3. The summed E-state index contributed by atoms with van der Waals surface area (Å²) < 4.78 is 30.0. The highest BCUT2D eigenvalue weighted by Crippen LogP contribution is 2.34. The second-order valence-electron chi connectivity index (χ2n) is 8.41. The third-order valence-corrected chi connectivity index (χ3v) is 6.11. The minimum Gasteiger partial charge on any atom is -0.480 e. The summed E-state index contributed by atoms with van der Waals surface area (Å²) in [5.74, 6) is 1.34. The van der Waals surface area contributed by atoms with Gasteiger partial charge in [0.15, 0.2) is 0 Å². The molecule has 0 amide bonds. The Bertz CT molecular complexity index is 1440. The lowest BCUT2D eigenvalue weighted by atomic mass is 10.1. The average Bonchev–Trinajstić information content (AvgIpc) is 3.21. The van der Waals surface area contributed by atoms with Crippen molar-refractivity contribution in [2.24, 2.45) is 5.92 Å². The molecule has 176 valence electrons. The second kappa shape index (κ2) is 10.0. The summed E-state index contributed by atoms with van der Waals surface area (Å²) in [5.41, 5.74) is 5.01. The number of benzene rings is 1. The molecule has 0 aliphatic carbocycles. The molecular weight excluding hydrogens is 450 g/mol. The number of H-pyrrole nitrogens is 1. The molecule has 0 aliphatic rings. The predicted octanol–water partition coefficient (Wildman–Crippen LogP) is 4.45. The Kier molecular flexibility index (Phi) is 6.93. The SMILES string of the molecule is COc1ncccc1N(C(CC(C)C)=S(=O)=O)c1ccc(Cc2nccc3[nH]c(C)nc23)cc1. The van der Waals surface area contributed by atoms with E-state index in [0.717, 1.165) is 28.1 Å². The maximum Gasteiger partial charge on any atom is 0.238 e. The summed E-state index contributed by atoms with van der Waals surface area (Å²) in [7, 11) is -0.906. The molecule has 1 aromatic carbocycles. The number of hydrogen-bond donors (Lipinski definition) is 1. The molecule has 9 heteroatoms. The van der Waals surface area contributed by atoms with E-state index < -0.39 is 10.3 Å². The van der Waals surface area contributed by atoms with Gasteiger partial charge in [-0.3, -0.25) is 9.88 Å². The van der Waals surface area contributed by atoms with Gasteiger partial charge >= 0.3 is 0 Å². The first-order chi connectivity index (χ1) is 16.4. The van der Waals surface area contributed by atoms with Crippen LogP contribution in [0.15, 0.2) is 54.9 Å². The molecule has 0 atom stereocenters. The number of aromatic amines is 1. The number of nitrogens with zero attached hydrogens (tertiary/aromatic N) is 4. The van der Waals surface area contributed by atoms with E-state index >= 15 is 0 Å². The van der Waals surface area contributed by atoms with Crippen LogP contribution in [0.1, 0.15) is 37.4 Å². The van der Waals surface area contributed by atoms with E-state index in [4.69, 9.17) is 4.74 Å². The van der Waals surface area contributed by atoms with Crippen LogP contribution in [0.25, 0.3) is 11.0 Å². The Morgan fingerprint density at radius 2 is 1.85 bits per heavy atom. The number of imidazole rings is 1. The molecule has 3 heterocycles. The van der Waals surface area contributed by atoms with Gasteiger partial charge in [0, 0.05) is 30.9 Å². The number of nitrogens with one attached hydrogen (secondary N) is 1. The van der Waals surface area contributed by atoms with E-state index in [1.54, 1.807) is 29.4 Å². The zero-order valence-electron chi connectivity index (χ0n) is 19.6. The lowest BCUT2D eigenvalue weighted by molar-refractivity contribution is 0.399. The molecule has 0 unspecified atom stereocenters. The highest BCUT2D eigenvalue weighted by atomic mass is 32.2. The molecular formula is C25H27N5O3S. The van der Waals surface area contributed by atoms with Gasteiger partial charge in [0.1, 0.15) is 22.0 Å². The Balaban J connectivity index is 1.74. The molecule has 3 aromatic heterocycles. The number of hydrogen-bond acceptors (Lipinski definition) is 6. The second-order valence-corrected chi connectivity index (χ2v) is 9.35. The zero-order valence-corrected chi connectivity index (χ0v) is 20.4. The molecule has 4 aromatic rings. The first kappa shape index (κ1) is 23.4. The Hall–Kier alpha value is -3.72. The third kappa shape index (κ3) is 4.94. The van der Waals surface area contributed by atoms with Gasteiger partial charge < -0.3 is 9.72 Å². The van der Waals surface area contributed by atoms with Crippen molar-refractivity contribution in [3.8, 4) is 5.88 Å². The number of rotatable bonds is 7. The first-order valence-electron chi connectivity index (χ1n) is 11.0. The fourth-order valence-corrected chi connectivity index (χ4v) is 4.73. The topological polar surface area (TPSA) is 101 Å². The predicted molar refractivity (Wildman–Crippen MR) is 134 cm³/mol. The van der Waals surface area contributed by atoms with E-state index in [2.05, 4.69) is 19.9 Å². The van der Waals surface area contributed by atoms with Crippen LogP contribution in [0.4, 0.5) is 11.4 Å². The fraction of sp³-hybridized carbons (Fsp3) is 0.280. The molecule has 0 aliphatic heterocycles. The zero-order chi connectivity index (χ0) is 24.2. The van der Waals surface area contributed by atoms with Crippen LogP contribution in [0, 0.1) is 12.8 Å². The monoisotopic (exact) mass is 477 g/mol. The van der Waals surface area contributed by atoms with Crippen LogP contribution >= 0.6 is 0 Å². The van der Waals surface area contributed by atoms with E-state index in [1.807, 2.05) is 51.1 Å². The van der Waals surface area contributed by atoms with Crippen molar-refractivity contribution in [3.63, 3.8) is 0 Å². The van der Waals surface area contributed by atoms with Crippen molar-refractivity contribution in [2.75, 3.05) is 12.0 Å². The van der Waals surface area contributed by atoms with Crippen molar-refractivity contribution >= 4 is 37.7 Å². The number of ether oxygens (including phenoxy) is 1. The van der Waals surface area contributed by atoms with Gasteiger partial charge in [-0.2, -0.15) is 8.42 Å². The molecule has 0 saturated carbocycles. The molecule has 0 radical (unpaired) electrons. The first-order valence-corrected chi connectivity index (χ1v) is 12.1. The van der Waals surface area contributed by atoms with Crippen molar-refractivity contribution in [1.82, 2.24) is 19.9 Å². The Morgan fingerprint density at radius 3 is 2.53 bits per heavy atom. The van der Waals surface area contributed by atoms with Crippen LogP contribution in [0.5, 0.6) is 5.88 Å². The van der Waals surface area contributed by atoms with Crippen LogP contribution < -0.4 is 9.64 Å². The normalized spacial score (nSPS) is 11.1. The Morgan fingerprint density at radius 1 is 1.09 bits per heavy atom. The highest BCUT2D eigenvalue weighted by molar-refractivity contribution is 7.73. The molecule has 34 heavy (non-hydrogen) atoms. The number of methoxy groups -OCH3 is 1. The largest absolute Gasteiger partial charge is 0.480 e. The summed E-state index contributed by atoms with van der Waals surface area (Å²) in [6, 6.07) is 13.2. The molecule has 0 saturated heterocycles. The third-order valence-electron chi connectivity index (χ3n) is 5.37. The van der Waals surface area contributed by atoms with Crippen molar-refractivity contribution in [3.05, 3.63) is 71.9 Å². The quantitative estimate of drug-likeness (QED) is 0.392. The average molecular weight is 478 g/mol. The van der Waals surface area contributed by atoms with Crippen LogP contribution in [0.2, 0.25) is 0 Å². The van der Waals surface area contributed by atoms with E-state index in [0.29, 0.717) is 30.1 Å². The van der Waals surface area contributed by atoms with Gasteiger partial charge in [-0.15, -0.1) is 0 Å². The molecule has 0 spiro atoms. The molecule has 0 bridgehead atoms. The van der Waals surface area contributed by atoms with Gasteiger partial charge in [-0.1, -0.05) is 26.0 Å². The smallest absolute Gasteiger partial charge is 0.238 e. The number of pyridine rings is 2. The van der Waals surface area contributed by atoms with Gasteiger partial charge in [0.25, 0.3) is 0 Å². The van der Waals surface area contributed by atoms with Gasteiger partial charge in [0.05, 0.1) is 18.3 Å². The van der Waals surface area contributed by atoms with Crippen LogP contribution in [0.3, 0.4) is 0 Å². The van der Waals surface area contributed by atoms with Crippen molar-refractivity contribution in [2.45, 2.75) is 33.6 Å².